The number of ether oxygens (including phenoxy) is 1. The third-order valence-corrected chi connectivity index (χ3v) is 13.2. The highest BCUT2D eigenvalue weighted by Crippen LogP contribution is 2.32. The van der Waals surface area contributed by atoms with Crippen LogP contribution in [-0.2, 0) is 30.3 Å². The fourth-order valence-corrected chi connectivity index (χ4v) is 9.12. The first-order valence-electron chi connectivity index (χ1n) is 23.2. The quantitative estimate of drug-likeness (QED) is 0.0532. The number of carboxylic acid groups (broad SMARTS) is 1. The van der Waals surface area contributed by atoms with E-state index < -0.39 is 41.5 Å². The molecule has 1 aliphatic rings. The van der Waals surface area contributed by atoms with Crippen LogP contribution in [0.1, 0.15) is 147 Å². The molecule has 16 heteroatoms. The number of aliphatic hydroxyl groups is 1. The van der Waals surface area contributed by atoms with Crippen LogP contribution in [0, 0.1) is 17.3 Å². The van der Waals surface area contributed by atoms with Crippen LogP contribution in [0.3, 0.4) is 0 Å². The van der Waals surface area contributed by atoms with Gasteiger partial charge in [-0.2, -0.15) is 0 Å². The fourth-order valence-electron chi connectivity index (χ4n) is 8.26. The van der Waals surface area contributed by atoms with Crippen molar-refractivity contribution in [3.8, 4) is 0 Å². The zero-order chi connectivity index (χ0) is 46.7. The molecule has 1 aliphatic heterocycles. The molecule has 0 bridgehead atoms. The van der Waals surface area contributed by atoms with Crippen LogP contribution in [0.5, 0.6) is 0 Å². The molecule has 15 nitrogen and oxygen atoms in total. The van der Waals surface area contributed by atoms with E-state index in [0.29, 0.717) is 56.1 Å². The van der Waals surface area contributed by atoms with Gasteiger partial charge < -0.3 is 41.5 Å². The first-order chi connectivity index (χ1) is 30.0. The van der Waals surface area contributed by atoms with Gasteiger partial charge in [0.05, 0.1) is 24.6 Å². The van der Waals surface area contributed by atoms with Crippen molar-refractivity contribution in [1.82, 2.24) is 25.4 Å². The summed E-state index contributed by atoms with van der Waals surface area (Å²) < 4.78 is 6.36. The lowest BCUT2D eigenvalue weighted by molar-refractivity contribution is -0.147. The molecular weight excluding hydrogens is 823 g/mol. The third kappa shape index (κ3) is 16.5. The van der Waals surface area contributed by atoms with Gasteiger partial charge in [-0.3, -0.25) is 28.9 Å². The predicted octanol–water partition coefficient (Wildman–Crippen LogP) is 6.16. The van der Waals surface area contributed by atoms with E-state index in [2.05, 4.69) is 36.7 Å². The number of thiazole rings is 1. The monoisotopic (exact) mass is 900 g/mol. The van der Waals surface area contributed by atoms with Gasteiger partial charge in [-0.05, 0) is 89.0 Å². The van der Waals surface area contributed by atoms with Crippen molar-refractivity contribution in [2.45, 2.75) is 156 Å². The summed E-state index contributed by atoms with van der Waals surface area (Å²) in [6, 6.07) is 5.14. The maximum Gasteiger partial charge on any atom is 0.309 e. The summed E-state index contributed by atoms with van der Waals surface area (Å²) >= 11 is 1.31. The zero-order valence-electron chi connectivity index (χ0n) is 39.1. The van der Waals surface area contributed by atoms with Gasteiger partial charge >= 0.3 is 5.97 Å². The summed E-state index contributed by atoms with van der Waals surface area (Å²) in [6.07, 6.45) is 7.49. The molecule has 0 radical (unpaired) electrons. The van der Waals surface area contributed by atoms with E-state index in [1.54, 1.807) is 31.4 Å². The fraction of sp³-hybridized carbons (Fsp3) is 0.702. The van der Waals surface area contributed by atoms with E-state index in [1.807, 2.05) is 42.7 Å². The summed E-state index contributed by atoms with van der Waals surface area (Å²) in [6.45, 7) is 17.4. The predicted molar refractivity (Wildman–Crippen MR) is 248 cm³/mol. The lowest BCUT2D eigenvalue weighted by Gasteiger charge is -2.40. The zero-order valence-corrected chi connectivity index (χ0v) is 39.9. The maximum absolute atomic E-state index is 15.0. The smallest absolute Gasteiger partial charge is 0.309 e. The third-order valence-electron chi connectivity index (χ3n) is 12.2. The Morgan fingerprint density at radius 1 is 1.03 bits per heavy atom. The average Bonchev–Trinajstić information content (AvgIpc) is 3.75. The maximum atomic E-state index is 15.0. The van der Waals surface area contributed by atoms with Gasteiger partial charge in [0.25, 0.3) is 5.91 Å². The SMILES string of the molecule is CCCCCCN(C(=O)[C@@H](NC(=O)[C@H]1CCCCN1CCO)[C@@H](C)CC)[C@H](C[C@@H](OCC)c1nc(C(=O)N[C@@H](Cc2ccc(NC(=O)CN)cc2)CC(C)(C)C(=O)O)cs1)C(C)C. The number of nitrogens with two attached hydrogens (primary N) is 1. The van der Waals surface area contributed by atoms with Crippen molar-refractivity contribution in [3.05, 3.63) is 45.9 Å². The second-order valence-electron chi connectivity index (χ2n) is 18.0. The number of nitrogens with one attached hydrogen (secondary N) is 3. The molecule has 2 heterocycles. The molecule has 0 aliphatic carbocycles. The number of carbonyl (C=O) groups excluding carboxylic acids is 4. The number of hydrogen-bond acceptors (Lipinski definition) is 11. The van der Waals surface area contributed by atoms with Crippen molar-refractivity contribution in [1.29, 1.82) is 0 Å². The highest BCUT2D eigenvalue weighted by atomic mass is 32.1. The number of benzene rings is 1. The van der Waals surface area contributed by atoms with Crippen LogP contribution in [0.2, 0.25) is 0 Å². The number of aliphatic hydroxyl groups excluding tert-OH is 1. The van der Waals surface area contributed by atoms with E-state index in [0.717, 1.165) is 50.6 Å². The van der Waals surface area contributed by atoms with Gasteiger partial charge in [0.15, 0.2) is 0 Å². The largest absolute Gasteiger partial charge is 0.481 e. The average molecular weight is 900 g/mol. The van der Waals surface area contributed by atoms with E-state index in [1.165, 1.54) is 11.3 Å². The highest BCUT2D eigenvalue weighted by molar-refractivity contribution is 7.09. The van der Waals surface area contributed by atoms with Crippen molar-refractivity contribution in [3.63, 3.8) is 0 Å². The van der Waals surface area contributed by atoms with Crippen LogP contribution in [0.15, 0.2) is 29.6 Å². The Bertz CT molecular complexity index is 1740. The lowest BCUT2D eigenvalue weighted by atomic mass is 9.84. The highest BCUT2D eigenvalue weighted by Gasteiger charge is 2.39. The first-order valence-corrected chi connectivity index (χ1v) is 24.0. The number of anilines is 1. The number of aromatic nitrogens is 1. The molecule has 1 saturated heterocycles. The molecule has 1 fully saturated rings. The minimum absolute atomic E-state index is 0.0156. The number of hydrogen-bond donors (Lipinski definition) is 6. The Morgan fingerprint density at radius 3 is 2.35 bits per heavy atom. The summed E-state index contributed by atoms with van der Waals surface area (Å²) in [5.41, 5.74) is 5.89. The number of piperidine rings is 1. The van der Waals surface area contributed by atoms with Crippen molar-refractivity contribution in [2.75, 3.05) is 44.7 Å². The molecule has 7 N–H and O–H groups in total. The van der Waals surface area contributed by atoms with Gasteiger partial charge in [0.2, 0.25) is 17.7 Å². The van der Waals surface area contributed by atoms with Crippen LogP contribution in [0.4, 0.5) is 5.69 Å². The molecule has 0 unspecified atom stereocenters. The van der Waals surface area contributed by atoms with Gasteiger partial charge in [-0.1, -0.05) is 78.9 Å². The second kappa shape index (κ2) is 26.7. The molecule has 1 aromatic heterocycles. The summed E-state index contributed by atoms with van der Waals surface area (Å²) in [7, 11) is 0. The Balaban J connectivity index is 1.91. The first kappa shape index (κ1) is 53.4. The molecule has 6 atom stereocenters. The Hall–Kier alpha value is -3.96. The van der Waals surface area contributed by atoms with Gasteiger partial charge in [0.1, 0.15) is 22.8 Å². The van der Waals surface area contributed by atoms with E-state index >= 15 is 0 Å². The Labute approximate surface area is 379 Å². The molecule has 1 aromatic carbocycles. The topological polar surface area (TPSA) is 217 Å². The number of nitrogens with zero attached hydrogens (tertiary/aromatic N) is 3. The Morgan fingerprint density at radius 2 is 1.75 bits per heavy atom. The van der Waals surface area contributed by atoms with Crippen molar-refractivity contribution in [2.24, 2.45) is 23.0 Å². The molecule has 3 rings (SSSR count). The number of unbranched alkanes of at least 4 members (excludes halogenated alkanes) is 3. The minimum Gasteiger partial charge on any atom is -0.481 e. The normalized spacial score (nSPS) is 17.0. The standard InChI is InChI=1S/C47H77N7O8S/c1-9-12-13-15-23-54(45(59)41(32(6)10-2)52-43(58)37-17-14-16-22-53(37)24-25-55)38(31(4)5)27-39(62-11-3)44-51-36(30-63-44)42(57)50-35(28-47(7,8)46(60)61)26-33-18-20-34(21-19-33)49-40(56)29-48/h18-21,30-32,35,37-39,41,55H,9-17,22-29,48H2,1-8H3,(H,49,56)(H,50,57)(H,52,58)(H,60,61)/t32-,35-,37+,38+,39+,41-/m0/s1. The number of aliphatic carboxylic acids is 1. The minimum atomic E-state index is -1.14. The van der Waals surface area contributed by atoms with Crippen LogP contribution < -0.4 is 21.7 Å². The van der Waals surface area contributed by atoms with Gasteiger partial charge in [0, 0.05) is 49.3 Å². The molecule has 2 aromatic rings. The number of rotatable bonds is 28. The number of carboxylic acids is 1. The van der Waals surface area contributed by atoms with Gasteiger partial charge in [-0.15, -0.1) is 11.3 Å². The molecule has 0 saturated carbocycles. The van der Waals surface area contributed by atoms with Crippen LogP contribution in [0.25, 0.3) is 0 Å². The van der Waals surface area contributed by atoms with Crippen LogP contribution in [-0.4, -0.2) is 118 Å². The number of likely N-dealkylation sites (tertiary alicyclic amines) is 1. The number of amides is 4. The summed E-state index contributed by atoms with van der Waals surface area (Å²) in [5.74, 6) is -2.15. The second-order valence-corrected chi connectivity index (χ2v) is 18.9. The van der Waals surface area contributed by atoms with Crippen LogP contribution >= 0.6 is 11.3 Å². The van der Waals surface area contributed by atoms with E-state index in [9.17, 15) is 34.2 Å². The molecule has 354 valence electrons. The van der Waals surface area contributed by atoms with E-state index in [-0.39, 0.29) is 60.9 Å². The number of β-amino-alcohol motifs (C(OH)–C–C–N with tert-alkyl or cyclic N) is 1. The van der Waals surface area contributed by atoms with E-state index in [4.69, 9.17) is 15.5 Å². The van der Waals surface area contributed by atoms with Crippen molar-refractivity contribution >= 4 is 46.6 Å². The molecule has 63 heavy (non-hydrogen) atoms. The molecule has 4 amide bonds. The Kier molecular flexibility index (Phi) is 22.7. The van der Waals surface area contributed by atoms with Gasteiger partial charge in [-0.25, -0.2) is 4.98 Å². The molecular formula is C47H77N7O8S. The van der Waals surface area contributed by atoms with Crippen molar-refractivity contribution < 1.29 is 38.9 Å². The molecule has 0 spiro atoms. The number of carbonyl (C=O) groups is 5. The summed E-state index contributed by atoms with van der Waals surface area (Å²) in [4.78, 5) is 75.6. The summed E-state index contributed by atoms with van der Waals surface area (Å²) in [5, 5.41) is 30.9. The lowest BCUT2D eigenvalue weighted by Crippen LogP contribution is -2.59.